The van der Waals surface area contributed by atoms with Gasteiger partial charge in [-0.25, -0.2) is 0 Å². The summed E-state index contributed by atoms with van der Waals surface area (Å²) in [6, 6.07) is 6.23. The number of hydrogen-bond donors (Lipinski definition) is 3. The summed E-state index contributed by atoms with van der Waals surface area (Å²) in [6.45, 7) is 0.590. The highest BCUT2D eigenvalue weighted by Crippen LogP contribution is 2.20. The number of aromatic amines is 1. The molecule has 0 atom stereocenters. The van der Waals surface area contributed by atoms with Crippen LogP contribution in [-0.2, 0) is 12.3 Å². The van der Waals surface area contributed by atoms with Crippen LogP contribution in [0, 0.1) is 0 Å². The Hall–Kier alpha value is -0.930. The average Bonchev–Trinajstić information content (AvgIpc) is 2.59. The largest absolute Gasteiger partial charge is 0.361 e. The van der Waals surface area contributed by atoms with Crippen molar-refractivity contribution in [3.8, 4) is 0 Å². The quantitative estimate of drug-likeness (QED) is 0.626. The van der Waals surface area contributed by atoms with E-state index in [1.807, 2.05) is 12.3 Å². The van der Waals surface area contributed by atoms with E-state index in [2.05, 4.69) is 29.7 Å². The molecule has 0 unspecified atom stereocenters. The Morgan fingerprint density at radius 2 is 2.23 bits per heavy atom. The third kappa shape index (κ3) is 1.45. The van der Waals surface area contributed by atoms with Gasteiger partial charge >= 0.3 is 0 Å². The van der Waals surface area contributed by atoms with Crippen LogP contribution in [0.25, 0.3) is 10.9 Å². The zero-order valence-corrected chi connectivity index (χ0v) is 8.14. The number of H-pyrrole nitrogens is 1. The van der Waals surface area contributed by atoms with Crippen LogP contribution in [0.1, 0.15) is 11.1 Å². The van der Waals surface area contributed by atoms with Gasteiger partial charge in [-0.1, -0.05) is 6.07 Å². The molecule has 1 aromatic heterocycles. The average molecular weight is 192 g/mol. The number of rotatable bonds is 2. The van der Waals surface area contributed by atoms with Gasteiger partial charge in [-0.15, -0.1) is 0 Å². The lowest BCUT2D eigenvalue weighted by atomic mass is 10.1. The third-order valence-corrected chi connectivity index (χ3v) is 2.58. The second-order valence-electron chi connectivity index (χ2n) is 3.06. The molecule has 0 spiro atoms. The van der Waals surface area contributed by atoms with E-state index in [1.165, 1.54) is 10.9 Å². The first kappa shape index (κ1) is 8.66. The zero-order chi connectivity index (χ0) is 9.26. The van der Waals surface area contributed by atoms with Gasteiger partial charge in [0.2, 0.25) is 0 Å². The molecule has 3 heteroatoms. The molecule has 0 radical (unpaired) electrons. The van der Waals surface area contributed by atoms with Crippen LogP contribution in [0.15, 0.2) is 24.4 Å². The van der Waals surface area contributed by atoms with Crippen molar-refractivity contribution in [3.05, 3.63) is 35.5 Å². The molecule has 0 aliphatic carbocycles. The van der Waals surface area contributed by atoms with E-state index >= 15 is 0 Å². The number of aromatic nitrogens is 1. The highest BCUT2D eigenvalue weighted by atomic mass is 32.1. The van der Waals surface area contributed by atoms with Gasteiger partial charge in [-0.2, -0.15) is 12.6 Å². The van der Waals surface area contributed by atoms with Gasteiger partial charge in [0.15, 0.2) is 0 Å². The Balaban J connectivity index is 2.64. The summed E-state index contributed by atoms with van der Waals surface area (Å²) < 4.78 is 0. The van der Waals surface area contributed by atoms with Crippen LogP contribution in [0.3, 0.4) is 0 Å². The van der Waals surface area contributed by atoms with Crippen molar-refractivity contribution in [2.75, 3.05) is 0 Å². The van der Waals surface area contributed by atoms with Gasteiger partial charge in [-0.05, 0) is 23.3 Å². The van der Waals surface area contributed by atoms with Gasteiger partial charge in [0, 0.05) is 29.4 Å². The Morgan fingerprint density at radius 3 is 2.92 bits per heavy atom. The lowest BCUT2D eigenvalue weighted by molar-refractivity contribution is 1.08. The van der Waals surface area contributed by atoms with E-state index in [0.717, 1.165) is 16.8 Å². The van der Waals surface area contributed by atoms with E-state index in [4.69, 9.17) is 5.73 Å². The number of fused-ring (bicyclic) bond motifs is 1. The van der Waals surface area contributed by atoms with Crippen LogP contribution < -0.4 is 5.73 Å². The first-order chi connectivity index (χ1) is 6.35. The number of nitrogens with two attached hydrogens (primary N) is 1. The minimum atomic E-state index is 0.590. The van der Waals surface area contributed by atoms with E-state index in [-0.39, 0.29) is 0 Å². The van der Waals surface area contributed by atoms with Crippen molar-refractivity contribution >= 4 is 23.5 Å². The van der Waals surface area contributed by atoms with Gasteiger partial charge in [0.1, 0.15) is 0 Å². The summed E-state index contributed by atoms with van der Waals surface area (Å²) in [5, 5.41) is 1.23. The third-order valence-electron chi connectivity index (χ3n) is 2.24. The minimum absolute atomic E-state index is 0.590. The van der Waals surface area contributed by atoms with Crippen molar-refractivity contribution < 1.29 is 0 Å². The first-order valence-corrected chi connectivity index (χ1v) is 4.88. The number of hydrogen-bond acceptors (Lipinski definition) is 2. The molecule has 0 saturated carbocycles. The SMILES string of the molecule is NCc1ccc2[nH]cc(CS)c2c1. The van der Waals surface area contributed by atoms with Crippen LogP contribution in [0.4, 0.5) is 0 Å². The molecule has 0 aliphatic rings. The normalized spacial score (nSPS) is 10.9. The fraction of sp³-hybridized carbons (Fsp3) is 0.200. The molecular formula is C10H12N2S. The van der Waals surface area contributed by atoms with Gasteiger partial charge in [0.25, 0.3) is 0 Å². The molecule has 2 aromatic rings. The van der Waals surface area contributed by atoms with Crippen molar-refractivity contribution in [2.24, 2.45) is 5.73 Å². The van der Waals surface area contributed by atoms with Crippen molar-refractivity contribution in [1.82, 2.24) is 4.98 Å². The number of nitrogens with one attached hydrogen (secondary N) is 1. The van der Waals surface area contributed by atoms with Gasteiger partial charge < -0.3 is 10.7 Å². The highest BCUT2D eigenvalue weighted by molar-refractivity contribution is 7.79. The summed E-state index contributed by atoms with van der Waals surface area (Å²) in [5.74, 6) is 0.758. The fourth-order valence-corrected chi connectivity index (χ4v) is 1.74. The Bertz CT molecular complexity index is 420. The predicted molar refractivity (Wildman–Crippen MR) is 58.9 cm³/mol. The van der Waals surface area contributed by atoms with Crippen LogP contribution in [-0.4, -0.2) is 4.98 Å². The maximum absolute atomic E-state index is 5.57. The minimum Gasteiger partial charge on any atom is -0.361 e. The molecule has 0 saturated heterocycles. The fourth-order valence-electron chi connectivity index (χ4n) is 1.48. The van der Waals surface area contributed by atoms with Crippen LogP contribution in [0.5, 0.6) is 0 Å². The summed E-state index contributed by atoms with van der Waals surface area (Å²) in [5.41, 5.74) is 9.12. The number of benzene rings is 1. The smallest absolute Gasteiger partial charge is 0.0457 e. The first-order valence-electron chi connectivity index (χ1n) is 4.25. The molecule has 0 fully saturated rings. The van der Waals surface area contributed by atoms with Crippen molar-refractivity contribution in [2.45, 2.75) is 12.3 Å². The maximum Gasteiger partial charge on any atom is 0.0457 e. The second kappa shape index (κ2) is 3.44. The molecule has 3 N–H and O–H groups in total. The van der Waals surface area contributed by atoms with Crippen molar-refractivity contribution in [3.63, 3.8) is 0 Å². The van der Waals surface area contributed by atoms with E-state index in [9.17, 15) is 0 Å². The second-order valence-corrected chi connectivity index (χ2v) is 3.37. The summed E-state index contributed by atoms with van der Waals surface area (Å²) in [4.78, 5) is 3.20. The molecule has 2 nitrogen and oxygen atoms in total. The topological polar surface area (TPSA) is 41.8 Å². The van der Waals surface area contributed by atoms with E-state index in [1.54, 1.807) is 0 Å². The Morgan fingerprint density at radius 1 is 1.38 bits per heavy atom. The van der Waals surface area contributed by atoms with Crippen LogP contribution >= 0.6 is 12.6 Å². The highest BCUT2D eigenvalue weighted by Gasteiger charge is 2.01. The monoisotopic (exact) mass is 192 g/mol. The predicted octanol–water partition coefficient (Wildman–Crippen LogP) is 2.06. The van der Waals surface area contributed by atoms with Gasteiger partial charge in [0.05, 0.1) is 0 Å². The molecule has 68 valence electrons. The van der Waals surface area contributed by atoms with E-state index < -0.39 is 0 Å². The number of thiol groups is 1. The Kier molecular flexibility index (Phi) is 2.29. The summed E-state index contributed by atoms with van der Waals surface area (Å²) >= 11 is 4.26. The van der Waals surface area contributed by atoms with Crippen LogP contribution in [0.2, 0.25) is 0 Å². The Labute approximate surface area is 82.5 Å². The lowest BCUT2D eigenvalue weighted by Gasteiger charge is -1.97. The van der Waals surface area contributed by atoms with Gasteiger partial charge in [-0.3, -0.25) is 0 Å². The molecule has 1 aromatic carbocycles. The standard InChI is InChI=1S/C10H12N2S/c11-4-7-1-2-10-9(3-7)8(6-13)5-12-10/h1-3,5,12-13H,4,6,11H2. The van der Waals surface area contributed by atoms with Crippen molar-refractivity contribution in [1.29, 1.82) is 0 Å². The molecule has 0 amide bonds. The summed E-state index contributed by atoms with van der Waals surface area (Å²) in [6.07, 6.45) is 2.00. The molecule has 13 heavy (non-hydrogen) atoms. The molecule has 0 bridgehead atoms. The molecular weight excluding hydrogens is 180 g/mol. The molecule has 1 heterocycles. The summed E-state index contributed by atoms with van der Waals surface area (Å²) in [7, 11) is 0. The molecule has 0 aliphatic heterocycles. The maximum atomic E-state index is 5.57. The van der Waals surface area contributed by atoms with E-state index in [0.29, 0.717) is 6.54 Å². The lowest BCUT2D eigenvalue weighted by Crippen LogP contribution is -1.95. The zero-order valence-electron chi connectivity index (χ0n) is 7.25. The molecule has 2 rings (SSSR count).